The highest BCUT2D eigenvalue weighted by atomic mass is 127. The number of fused-ring (bicyclic) bond motifs is 1. The third kappa shape index (κ3) is 6.42. The van der Waals surface area contributed by atoms with Crippen LogP contribution in [0.15, 0.2) is 71.9 Å². The van der Waals surface area contributed by atoms with Crippen molar-refractivity contribution in [2.45, 2.75) is 44.8 Å². The van der Waals surface area contributed by atoms with Gasteiger partial charge < -0.3 is 10.6 Å². The summed E-state index contributed by atoms with van der Waals surface area (Å²) in [6, 6.07) is 22.3. The first-order chi connectivity index (χ1) is 15.2. The molecule has 1 fully saturated rings. The Labute approximate surface area is 208 Å². The number of piperidine rings is 1. The van der Waals surface area contributed by atoms with Crippen LogP contribution in [0.1, 0.15) is 30.9 Å². The van der Waals surface area contributed by atoms with Crippen LogP contribution in [0.5, 0.6) is 0 Å². The Bertz CT molecular complexity index is 1000. The first kappa shape index (κ1) is 24.5. The summed E-state index contributed by atoms with van der Waals surface area (Å²) in [6.07, 6.45) is 5.04. The van der Waals surface area contributed by atoms with E-state index in [4.69, 9.17) is 0 Å². The standard InChI is InChI=1S/C26H33N5.HI/c1-20-18-24(14-17-31(20)19-21-8-4-3-5-9-21)30-26(27-2)29-16-13-23-11-6-10-22-12-7-15-28-25(22)23;/h3-12,15,20,24H,13-14,16-19H2,1-2H3,(H2,27,29,30);1H. The summed E-state index contributed by atoms with van der Waals surface area (Å²) in [4.78, 5) is 11.6. The van der Waals surface area contributed by atoms with Crippen molar-refractivity contribution in [2.75, 3.05) is 20.1 Å². The number of nitrogens with zero attached hydrogens (tertiary/aromatic N) is 3. The summed E-state index contributed by atoms with van der Waals surface area (Å²) in [7, 11) is 1.85. The van der Waals surface area contributed by atoms with Gasteiger partial charge in [0.05, 0.1) is 5.52 Å². The fraction of sp³-hybridized carbons (Fsp3) is 0.385. The molecular weight excluding hydrogens is 509 g/mol. The number of pyridine rings is 1. The molecule has 2 unspecified atom stereocenters. The lowest BCUT2D eigenvalue weighted by molar-refractivity contribution is 0.134. The number of aromatic nitrogens is 1. The minimum Gasteiger partial charge on any atom is -0.356 e. The van der Waals surface area contributed by atoms with Crippen molar-refractivity contribution in [3.05, 3.63) is 78.0 Å². The van der Waals surface area contributed by atoms with Crippen LogP contribution < -0.4 is 10.6 Å². The van der Waals surface area contributed by atoms with E-state index < -0.39 is 0 Å². The lowest BCUT2D eigenvalue weighted by Crippen LogP contribution is -2.51. The largest absolute Gasteiger partial charge is 0.356 e. The monoisotopic (exact) mass is 543 g/mol. The van der Waals surface area contributed by atoms with Crippen molar-refractivity contribution in [1.82, 2.24) is 20.5 Å². The highest BCUT2D eigenvalue weighted by Crippen LogP contribution is 2.20. The Morgan fingerprint density at radius 2 is 1.91 bits per heavy atom. The third-order valence-corrected chi connectivity index (χ3v) is 6.21. The molecule has 0 amide bonds. The molecule has 1 saturated heterocycles. The highest BCUT2D eigenvalue weighted by Gasteiger charge is 2.25. The summed E-state index contributed by atoms with van der Waals surface area (Å²) in [5, 5.41) is 8.33. The molecule has 2 N–H and O–H groups in total. The highest BCUT2D eigenvalue weighted by molar-refractivity contribution is 14.0. The van der Waals surface area contributed by atoms with Crippen molar-refractivity contribution in [2.24, 2.45) is 4.99 Å². The molecule has 6 heteroatoms. The first-order valence-corrected chi connectivity index (χ1v) is 11.3. The lowest BCUT2D eigenvalue weighted by atomic mass is 9.97. The van der Waals surface area contributed by atoms with Crippen molar-refractivity contribution < 1.29 is 0 Å². The quantitative estimate of drug-likeness (QED) is 0.271. The molecule has 3 aromatic rings. The molecular formula is C26H34IN5. The second-order valence-corrected chi connectivity index (χ2v) is 8.41. The van der Waals surface area contributed by atoms with Crippen LogP contribution in [0.4, 0.5) is 0 Å². The van der Waals surface area contributed by atoms with Crippen LogP contribution in [-0.4, -0.2) is 48.1 Å². The molecule has 0 spiro atoms. The predicted molar refractivity (Wildman–Crippen MR) is 145 cm³/mol. The zero-order chi connectivity index (χ0) is 21.5. The van der Waals surface area contributed by atoms with Gasteiger partial charge in [-0.3, -0.25) is 14.9 Å². The number of guanidine groups is 1. The van der Waals surface area contributed by atoms with Gasteiger partial charge in [0.2, 0.25) is 0 Å². The average Bonchev–Trinajstić information content (AvgIpc) is 2.81. The van der Waals surface area contributed by atoms with Crippen LogP contribution >= 0.6 is 24.0 Å². The molecule has 0 saturated carbocycles. The van der Waals surface area contributed by atoms with Gasteiger partial charge in [0.25, 0.3) is 0 Å². The number of benzene rings is 2. The van der Waals surface area contributed by atoms with E-state index in [0.29, 0.717) is 12.1 Å². The van der Waals surface area contributed by atoms with Gasteiger partial charge in [-0.1, -0.05) is 54.6 Å². The van der Waals surface area contributed by atoms with E-state index in [2.05, 4.69) is 87.0 Å². The Hall–Kier alpha value is -2.19. The van der Waals surface area contributed by atoms with Gasteiger partial charge in [0, 0.05) is 50.3 Å². The van der Waals surface area contributed by atoms with Crippen molar-refractivity contribution in [3.63, 3.8) is 0 Å². The normalized spacial score (nSPS) is 19.4. The van der Waals surface area contributed by atoms with Crippen molar-refractivity contribution >= 4 is 40.8 Å². The van der Waals surface area contributed by atoms with E-state index in [-0.39, 0.29) is 24.0 Å². The number of likely N-dealkylation sites (tertiary alicyclic amines) is 1. The number of hydrogen-bond acceptors (Lipinski definition) is 3. The van der Waals surface area contributed by atoms with E-state index in [1.54, 1.807) is 0 Å². The van der Waals surface area contributed by atoms with E-state index in [0.717, 1.165) is 50.4 Å². The van der Waals surface area contributed by atoms with Gasteiger partial charge in [-0.25, -0.2) is 0 Å². The Balaban J connectivity index is 0.00000289. The zero-order valence-corrected chi connectivity index (χ0v) is 21.3. The van der Waals surface area contributed by atoms with Gasteiger partial charge in [0.1, 0.15) is 0 Å². The fourth-order valence-electron chi connectivity index (χ4n) is 4.48. The van der Waals surface area contributed by atoms with Crippen molar-refractivity contribution in [1.29, 1.82) is 0 Å². The maximum atomic E-state index is 4.56. The molecule has 0 radical (unpaired) electrons. The van der Waals surface area contributed by atoms with Crippen molar-refractivity contribution in [3.8, 4) is 0 Å². The van der Waals surface area contributed by atoms with Gasteiger partial charge in [-0.05, 0) is 43.4 Å². The number of aliphatic imine (C=N–C) groups is 1. The number of halogens is 1. The fourth-order valence-corrected chi connectivity index (χ4v) is 4.48. The summed E-state index contributed by atoms with van der Waals surface area (Å²) in [5.74, 6) is 0.891. The Kier molecular flexibility index (Phi) is 9.29. The molecule has 170 valence electrons. The second-order valence-electron chi connectivity index (χ2n) is 8.41. The first-order valence-electron chi connectivity index (χ1n) is 11.3. The van der Waals surface area contributed by atoms with Gasteiger partial charge in [-0.2, -0.15) is 0 Å². The molecule has 2 aromatic carbocycles. The Morgan fingerprint density at radius 3 is 2.69 bits per heavy atom. The van der Waals surface area contributed by atoms with E-state index in [1.165, 1.54) is 16.5 Å². The molecule has 5 nitrogen and oxygen atoms in total. The maximum Gasteiger partial charge on any atom is 0.191 e. The molecule has 0 aliphatic carbocycles. The summed E-state index contributed by atoms with van der Waals surface area (Å²) in [6.45, 7) is 5.30. The van der Waals surface area contributed by atoms with Gasteiger partial charge >= 0.3 is 0 Å². The molecule has 0 bridgehead atoms. The van der Waals surface area contributed by atoms with Gasteiger partial charge in [0.15, 0.2) is 5.96 Å². The molecule has 4 rings (SSSR count). The molecule has 1 aliphatic heterocycles. The molecule has 1 aromatic heterocycles. The van der Waals surface area contributed by atoms with Crippen LogP contribution in [0.25, 0.3) is 10.9 Å². The van der Waals surface area contributed by atoms with Crippen LogP contribution in [0, 0.1) is 0 Å². The summed E-state index contributed by atoms with van der Waals surface area (Å²) >= 11 is 0. The molecule has 2 atom stereocenters. The van der Waals surface area contributed by atoms with Gasteiger partial charge in [-0.15, -0.1) is 24.0 Å². The van der Waals surface area contributed by atoms with E-state index in [9.17, 15) is 0 Å². The third-order valence-electron chi connectivity index (χ3n) is 6.21. The smallest absolute Gasteiger partial charge is 0.191 e. The average molecular weight is 543 g/mol. The zero-order valence-electron chi connectivity index (χ0n) is 19.0. The second kappa shape index (κ2) is 12.2. The minimum absolute atomic E-state index is 0. The molecule has 2 heterocycles. The molecule has 32 heavy (non-hydrogen) atoms. The Morgan fingerprint density at radius 1 is 1.09 bits per heavy atom. The molecule has 1 aliphatic rings. The predicted octanol–water partition coefficient (Wildman–Crippen LogP) is 4.61. The summed E-state index contributed by atoms with van der Waals surface area (Å²) < 4.78 is 0. The lowest BCUT2D eigenvalue weighted by Gasteiger charge is -2.38. The van der Waals surface area contributed by atoms with Crippen LogP contribution in [0.2, 0.25) is 0 Å². The minimum atomic E-state index is 0. The number of hydrogen-bond donors (Lipinski definition) is 2. The summed E-state index contributed by atoms with van der Waals surface area (Å²) in [5.41, 5.74) is 3.75. The van der Waals surface area contributed by atoms with E-state index in [1.807, 2.05) is 19.3 Å². The number of rotatable bonds is 6. The van der Waals surface area contributed by atoms with E-state index >= 15 is 0 Å². The SMILES string of the molecule is CN=C(NCCc1cccc2cccnc12)NC1CCN(Cc2ccccc2)C(C)C1.I. The number of nitrogens with one attached hydrogen (secondary N) is 2. The van der Waals surface area contributed by atoms with Crippen LogP contribution in [-0.2, 0) is 13.0 Å². The van der Waals surface area contributed by atoms with Crippen LogP contribution in [0.3, 0.4) is 0 Å². The topological polar surface area (TPSA) is 52.6 Å². The number of para-hydroxylation sites is 1. The maximum absolute atomic E-state index is 4.56.